The molecule has 0 radical (unpaired) electrons. The predicted molar refractivity (Wildman–Crippen MR) is 610 cm³/mol. The maximum Gasteiger partial charge on any atom is 0.0900 e. The van der Waals surface area contributed by atoms with E-state index >= 15 is 0 Å². The molecule has 0 fully saturated rings. The van der Waals surface area contributed by atoms with Gasteiger partial charge in [-0.25, -0.2) is 19.9 Å². The lowest BCUT2D eigenvalue weighted by Crippen LogP contribution is -1.94. The molecule has 0 aliphatic heterocycles. The van der Waals surface area contributed by atoms with Gasteiger partial charge in [0, 0.05) is 79.5 Å². The van der Waals surface area contributed by atoms with Crippen molar-refractivity contribution in [3.05, 3.63) is 534 Å². The Balaban J connectivity index is 0.000000112. The smallest absolute Gasteiger partial charge is 0.0900 e. The zero-order chi connectivity index (χ0) is 96.7. The van der Waals surface area contributed by atoms with Gasteiger partial charge in [-0.3, -0.25) is 19.9 Å². The minimum atomic E-state index is 0.809. The summed E-state index contributed by atoms with van der Waals surface area (Å²) in [6, 6.07) is 181. The standard InChI is InChI=1S/C50H32N4.2C44H28N2/c1-2-12-33(13-3-1)43-32-47(53-46-27-24-34-14-4-5-15-40(34)50(43)46)36-22-20-35(21-23-36)38-25-26-39(42-17-7-6-16-41(38)42)37-30-48(44-18-8-10-28-51-44)54-49(31-37)45-19-9-11-29-52-45;1-2-10-29(11-3-1)40-27-43(46-42-25-22-30-12-4-6-14-37(30)44(40)42)32-20-18-31(19-21-32)35-23-24-36(39-16-8-7-15-38(35)39)34-26-33-13-5-9-17-41(33)45-28-34;1-2-10-29(11-3-1)40-28-42(46-41-26-23-30-12-4-5-15-35(30)43(40)41)32-21-19-31(20-22-32)34-24-25-38(37-17-7-6-16-36(34)37)39-18-8-13-33-14-9-27-45-44(33)39/h1-32H;2*1-28H. The summed E-state index contributed by atoms with van der Waals surface area (Å²) in [4.78, 5) is 39.3. The molecule has 0 spiro atoms. The highest BCUT2D eigenvalue weighted by Gasteiger charge is 2.23. The Labute approximate surface area is 844 Å². The van der Waals surface area contributed by atoms with Gasteiger partial charge in [0.25, 0.3) is 0 Å². The van der Waals surface area contributed by atoms with Gasteiger partial charge >= 0.3 is 0 Å². The van der Waals surface area contributed by atoms with E-state index in [4.69, 9.17) is 29.9 Å². The molecule has 0 N–H and O–H groups in total. The minimum absolute atomic E-state index is 0.809. The molecular formula is C138H88N8. The van der Waals surface area contributed by atoms with E-state index in [1.54, 1.807) is 12.4 Å². The van der Waals surface area contributed by atoms with Crippen molar-refractivity contribution in [1.82, 2.24) is 39.9 Å². The monoisotopic (exact) mass is 1860 g/mol. The molecule has 0 bridgehead atoms. The maximum atomic E-state index is 5.22. The number of fused-ring (bicyclic) bond motifs is 14. The van der Waals surface area contributed by atoms with Crippen molar-refractivity contribution >= 4 is 119 Å². The summed E-state index contributed by atoms with van der Waals surface area (Å²) in [7, 11) is 0. The normalized spacial score (nSPS) is 11.4. The van der Waals surface area contributed by atoms with Crippen LogP contribution in [-0.2, 0) is 0 Å². The first-order chi connectivity index (χ1) is 72.4. The Kier molecular flexibility index (Phi) is 22.5. The minimum Gasteiger partial charge on any atom is -0.256 e. The fourth-order valence-corrected chi connectivity index (χ4v) is 21.4. The number of nitrogens with zero attached hydrogens (tertiary/aromatic N) is 8. The molecule has 0 saturated heterocycles. The Bertz CT molecular complexity index is 9830. The zero-order valence-electron chi connectivity index (χ0n) is 79.4. The van der Waals surface area contributed by atoms with Gasteiger partial charge in [0.05, 0.1) is 67.4 Å². The van der Waals surface area contributed by atoms with E-state index in [2.05, 4.69) is 471 Å². The highest BCUT2D eigenvalue weighted by Crippen LogP contribution is 2.47. The topological polar surface area (TPSA) is 103 Å². The van der Waals surface area contributed by atoms with Crippen molar-refractivity contribution in [2.24, 2.45) is 0 Å². The Hall–Kier alpha value is -19.5. The number of hydrogen-bond acceptors (Lipinski definition) is 8. The molecule has 680 valence electrons. The fraction of sp³-hybridized carbons (Fsp3) is 0. The molecule has 0 atom stereocenters. The molecule has 20 aromatic carbocycles. The third-order valence-electron chi connectivity index (χ3n) is 28.4. The van der Waals surface area contributed by atoms with Crippen LogP contribution in [0.1, 0.15) is 0 Å². The summed E-state index contributed by atoms with van der Waals surface area (Å²) in [5.41, 5.74) is 35.6. The van der Waals surface area contributed by atoms with Crippen molar-refractivity contribution < 1.29 is 0 Å². The molecule has 8 aromatic heterocycles. The molecule has 0 aliphatic carbocycles. The van der Waals surface area contributed by atoms with Crippen molar-refractivity contribution in [2.75, 3.05) is 0 Å². The van der Waals surface area contributed by atoms with Crippen molar-refractivity contribution in [1.29, 1.82) is 0 Å². The van der Waals surface area contributed by atoms with Gasteiger partial charge in [0.15, 0.2) is 0 Å². The van der Waals surface area contributed by atoms with Crippen LogP contribution in [0.25, 0.3) is 276 Å². The van der Waals surface area contributed by atoms with E-state index in [0.717, 1.165) is 123 Å². The average Bonchev–Trinajstić information content (AvgIpc) is 0.733. The maximum absolute atomic E-state index is 5.22. The highest BCUT2D eigenvalue weighted by atomic mass is 14.8. The van der Waals surface area contributed by atoms with Gasteiger partial charge in [0.1, 0.15) is 0 Å². The van der Waals surface area contributed by atoms with Gasteiger partial charge < -0.3 is 0 Å². The first-order valence-electron chi connectivity index (χ1n) is 49.4. The van der Waals surface area contributed by atoms with Gasteiger partial charge in [-0.1, -0.05) is 419 Å². The van der Waals surface area contributed by atoms with Gasteiger partial charge in [-0.05, 0) is 245 Å². The molecule has 8 nitrogen and oxygen atoms in total. The van der Waals surface area contributed by atoms with E-state index in [0.29, 0.717) is 0 Å². The van der Waals surface area contributed by atoms with Crippen molar-refractivity contribution in [2.45, 2.75) is 0 Å². The van der Waals surface area contributed by atoms with E-state index in [1.165, 1.54) is 153 Å². The lowest BCUT2D eigenvalue weighted by atomic mass is 9.90. The van der Waals surface area contributed by atoms with Gasteiger partial charge in [-0.15, -0.1) is 0 Å². The predicted octanol–water partition coefficient (Wildman–Crippen LogP) is 36.2. The molecule has 0 saturated carbocycles. The summed E-state index contributed by atoms with van der Waals surface area (Å²) in [5, 5.41) is 20.4. The first kappa shape index (κ1) is 86.8. The fourth-order valence-electron chi connectivity index (χ4n) is 21.4. The van der Waals surface area contributed by atoms with Gasteiger partial charge in [-0.2, -0.15) is 0 Å². The number of benzene rings is 20. The summed E-state index contributed by atoms with van der Waals surface area (Å²) in [6.45, 7) is 0. The molecular weight excluding hydrogens is 1770 g/mol. The third-order valence-corrected chi connectivity index (χ3v) is 28.4. The molecule has 8 heteroatoms. The highest BCUT2D eigenvalue weighted by molar-refractivity contribution is 6.18. The molecule has 8 heterocycles. The van der Waals surface area contributed by atoms with Gasteiger partial charge in [0.2, 0.25) is 0 Å². The van der Waals surface area contributed by atoms with E-state index < -0.39 is 0 Å². The van der Waals surface area contributed by atoms with Crippen molar-refractivity contribution in [3.63, 3.8) is 0 Å². The summed E-state index contributed by atoms with van der Waals surface area (Å²) >= 11 is 0. The van der Waals surface area contributed by atoms with Crippen LogP contribution >= 0.6 is 0 Å². The number of rotatable bonds is 14. The molecule has 0 unspecified atom stereocenters. The average molecular weight is 1860 g/mol. The Morgan fingerprint density at radius 1 is 0.123 bits per heavy atom. The van der Waals surface area contributed by atoms with Crippen LogP contribution in [0.15, 0.2) is 534 Å². The summed E-state index contributed by atoms with van der Waals surface area (Å²) < 4.78 is 0. The van der Waals surface area contributed by atoms with E-state index in [1.807, 2.05) is 60.9 Å². The van der Waals surface area contributed by atoms with E-state index in [-0.39, 0.29) is 0 Å². The van der Waals surface area contributed by atoms with Crippen LogP contribution in [-0.4, -0.2) is 39.9 Å². The molecule has 28 rings (SSSR count). The molecule has 146 heavy (non-hydrogen) atoms. The first-order valence-corrected chi connectivity index (χ1v) is 49.4. The van der Waals surface area contributed by atoms with Crippen LogP contribution in [0.3, 0.4) is 0 Å². The van der Waals surface area contributed by atoms with Crippen LogP contribution in [0.2, 0.25) is 0 Å². The van der Waals surface area contributed by atoms with Crippen LogP contribution in [0.4, 0.5) is 0 Å². The van der Waals surface area contributed by atoms with Crippen LogP contribution in [0.5, 0.6) is 0 Å². The summed E-state index contributed by atoms with van der Waals surface area (Å²) in [6.07, 6.45) is 7.47. The molecule has 28 aromatic rings. The number of aromatic nitrogens is 8. The second kappa shape index (κ2) is 37.9. The largest absolute Gasteiger partial charge is 0.256 e. The Morgan fingerprint density at radius 2 is 0.432 bits per heavy atom. The Morgan fingerprint density at radius 3 is 0.829 bits per heavy atom. The van der Waals surface area contributed by atoms with Crippen molar-refractivity contribution in [3.8, 4) is 157 Å². The number of pyridine rings is 8. The second-order valence-electron chi connectivity index (χ2n) is 37.0. The number of para-hydroxylation sites is 2. The summed E-state index contributed by atoms with van der Waals surface area (Å²) in [5.74, 6) is 0. The van der Waals surface area contributed by atoms with E-state index in [9.17, 15) is 0 Å². The number of hydrogen-bond donors (Lipinski definition) is 0. The lowest BCUT2D eigenvalue weighted by Gasteiger charge is -2.15. The molecule has 0 aliphatic rings. The quantitative estimate of drug-likeness (QED) is 0.0992. The molecule has 0 amide bonds. The van der Waals surface area contributed by atoms with Crippen LogP contribution in [0, 0.1) is 0 Å². The van der Waals surface area contributed by atoms with Crippen LogP contribution < -0.4 is 0 Å². The zero-order valence-corrected chi connectivity index (χ0v) is 79.4. The lowest BCUT2D eigenvalue weighted by molar-refractivity contribution is 1.22. The third kappa shape index (κ3) is 16.5. The SMILES string of the molecule is c1ccc(-c2cc(-c3ccc(-c4ccc(-c5cc(-c6ccccn6)nc(-c6ccccn6)c5)c5ccccc45)cc3)nc3ccc4ccccc4c23)cc1.c1ccc(-c2cc(-c3ccc(-c4ccc(-c5cccc6cccnc56)c5ccccc45)cc3)nc3ccc4ccccc4c23)cc1.c1ccc(-c2cc(-c3ccc(-c4ccc(-c5cnc6ccccc6c5)c5ccccc45)cc3)nc3ccc4ccccc4c23)cc1. The second-order valence-corrected chi connectivity index (χ2v) is 37.0.